The Hall–Kier alpha value is -2.08. The molecule has 0 spiro atoms. The maximum absolute atomic E-state index is 12.3. The molecule has 3 rings (SSSR count). The molecule has 0 aromatic carbocycles. The van der Waals surface area contributed by atoms with Crippen molar-refractivity contribution in [1.82, 2.24) is 0 Å². The zero-order valence-electron chi connectivity index (χ0n) is 13.9. The normalized spacial score (nSPS) is 13.4. The van der Waals surface area contributed by atoms with Crippen LogP contribution < -0.4 is 5.32 Å². The number of carbonyl (C=O) groups excluding carboxylic acids is 2. The highest BCUT2D eigenvalue weighted by molar-refractivity contribution is 7.17. The number of hydrogen-bond donors (Lipinski definition) is 1. The van der Waals surface area contributed by atoms with Gasteiger partial charge < -0.3 is 14.5 Å². The molecule has 0 bridgehead atoms. The molecule has 2 heterocycles. The van der Waals surface area contributed by atoms with E-state index >= 15 is 0 Å². The molecule has 0 unspecified atom stereocenters. The maximum Gasteiger partial charge on any atom is 0.341 e. The summed E-state index contributed by atoms with van der Waals surface area (Å²) in [4.78, 5) is 25.6. The minimum atomic E-state index is -0.369. The summed E-state index contributed by atoms with van der Waals surface area (Å²) in [6.07, 6.45) is 4.89. The number of esters is 1. The lowest BCUT2D eigenvalue weighted by atomic mass is 9.95. The molecule has 24 heavy (non-hydrogen) atoms. The van der Waals surface area contributed by atoms with Gasteiger partial charge in [0.25, 0.3) is 0 Å². The molecule has 6 heteroatoms. The predicted octanol–water partition coefficient (Wildman–Crippen LogP) is 3.89. The third-order valence-corrected chi connectivity index (χ3v) is 5.42. The molecule has 0 radical (unpaired) electrons. The van der Waals surface area contributed by atoms with E-state index in [9.17, 15) is 9.59 Å². The fourth-order valence-electron chi connectivity index (χ4n) is 3.02. The monoisotopic (exact) mass is 347 g/mol. The Morgan fingerprint density at radius 1 is 1.29 bits per heavy atom. The largest absolute Gasteiger partial charge is 0.466 e. The molecule has 0 fully saturated rings. The summed E-state index contributed by atoms with van der Waals surface area (Å²) >= 11 is 1.50. The average Bonchev–Trinajstić information content (AvgIpc) is 3.15. The number of hydrogen-bond acceptors (Lipinski definition) is 5. The first-order valence-electron chi connectivity index (χ1n) is 8.16. The first kappa shape index (κ1) is 16.8. The number of aryl methyl sites for hydroxylation is 3. The van der Waals surface area contributed by atoms with Gasteiger partial charge in [-0.1, -0.05) is 0 Å². The van der Waals surface area contributed by atoms with Gasteiger partial charge in [0.15, 0.2) is 0 Å². The lowest BCUT2D eigenvalue weighted by Gasteiger charge is -2.11. The first-order valence-corrected chi connectivity index (χ1v) is 8.98. The molecule has 5 nitrogen and oxygen atoms in total. The van der Waals surface area contributed by atoms with E-state index in [1.807, 2.05) is 19.1 Å². The quantitative estimate of drug-likeness (QED) is 0.833. The summed E-state index contributed by atoms with van der Waals surface area (Å²) in [6, 6.07) is 3.77. The van der Waals surface area contributed by atoms with E-state index in [1.165, 1.54) is 23.3 Å². The highest BCUT2D eigenvalue weighted by atomic mass is 32.1. The van der Waals surface area contributed by atoms with E-state index in [0.717, 1.165) is 42.8 Å². The lowest BCUT2D eigenvalue weighted by molar-refractivity contribution is -0.116. The van der Waals surface area contributed by atoms with E-state index in [0.29, 0.717) is 23.4 Å². The van der Waals surface area contributed by atoms with Crippen LogP contribution in [0.4, 0.5) is 5.00 Å². The van der Waals surface area contributed by atoms with Gasteiger partial charge in [0.2, 0.25) is 5.91 Å². The number of fused-ring (bicyclic) bond motifs is 1. The van der Waals surface area contributed by atoms with E-state index in [1.54, 1.807) is 0 Å². The van der Waals surface area contributed by atoms with Crippen LogP contribution in [-0.2, 0) is 28.8 Å². The second kappa shape index (κ2) is 7.21. The Morgan fingerprint density at radius 3 is 2.79 bits per heavy atom. The minimum absolute atomic E-state index is 0.118. The van der Waals surface area contributed by atoms with Crippen LogP contribution in [0.3, 0.4) is 0 Å². The molecular formula is C18H21NO4S. The fraction of sp³-hybridized carbons (Fsp3) is 0.444. The molecule has 1 amide bonds. The van der Waals surface area contributed by atoms with Crippen molar-refractivity contribution in [2.24, 2.45) is 0 Å². The summed E-state index contributed by atoms with van der Waals surface area (Å²) in [5.41, 5.74) is 1.59. The van der Waals surface area contributed by atoms with Gasteiger partial charge in [-0.15, -0.1) is 11.3 Å². The van der Waals surface area contributed by atoms with Crippen LogP contribution in [0.15, 0.2) is 16.5 Å². The van der Waals surface area contributed by atoms with Gasteiger partial charge in [-0.2, -0.15) is 0 Å². The van der Waals surface area contributed by atoms with Crippen molar-refractivity contribution in [2.45, 2.75) is 45.4 Å². The maximum atomic E-state index is 12.3. The van der Waals surface area contributed by atoms with Crippen molar-refractivity contribution in [2.75, 3.05) is 12.4 Å². The van der Waals surface area contributed by atoms with Gasteiger partial charge in [0.05, 0.1) is 12.7 Å². The van der Waals surface area contributed by atoms with Crippen LogP contribution in [0.5, 0.6) is 0 Å². The number of anilines is 1. The van der Waals surface area contributed by atoms with Gasteiger partial charge in [-0.25, -0.2) is 4.79 Å². The van der Waals surface area contributed by atoms with Crippen molar-refractivity contribution in [3.8, 4) is 0 Å². The molecule has 0 saturated carbocycles. The molecule has 0 saturated heterocycles. The van der Waals surface area contributed by atoms with Gasteiger partial charge in [0, 0.05) is 17.7 Å². The van der Waals surface area contributed by atoms with Gasteiger partial charge in [-0.05, 0) is 50.3 Å². The molecule has 0 aliphatic heterocycles. The van der Waals surface area contributed by atoms with Crippen molar-refractivity contribution < 1.29 is 18.7 Å². The summed E-state index contributed by atoms with van der Waals surface area (Å²) < 4.78 is 10.4. The number of rotatable bonds is 5. The van der Waals surface area contributed by atoms with Crippen LogP contribution in [0.25, 0.3) is 0 Å². The Bertz CT molecular complexity index is 759. The van der Waals surface area contributed by atoms with Crippen molar-refractivity contribution >= 4 is 28.2 Å². The average molecular weight is 347 g/mol. The third kappa shape index (κ3) is 3.53. The highest BCUT2D eigenvalue weighted by Crippen LogP contribution is 2.38. The van der Waals surface area contributed by atoms with Crippen LogP contribution in [0.2, 0.25) is 0 Å². The van der Waals surface area contributed by atoms with Crippen LogP contribution in [0.1, 0.15) is 51.6 Å². The predicted molar refractivity (Wildman–Crippen MR) is 92.7 cm³/mol. The summed E-state index contributed by atoms with van der Waals surface area (Å²) in [5.74, 6) is 1.14. The van der Waals surface area contributed by atoms with Crippen LogP contribution in [0, 0.1) is 6.92 Å². The number of thiophene rings is 1. The van der Waals surface area contributed by atoms with Crippen molar-refractivity contribution in [1.29, 1.82) is 0 Å². The van der Waals surface area contributed by atoms with Crippen molar-refractivity contribution in [3.63, 3.8) is 0 Å². The van der Waals surface area contributed by atoms with Crippen molar-refractivity contribution in [3.05, 3.63) is 39.7 Å². The fourth-order valence-corrected chi connectivity index (χ4v) is 4.31. The Balaban J connectivity index is 1.72. The van der Waals surface area contributed by atoms with E-state index in [4.69, 9.17) is 9.15 Å². The van der Waals surface area contributed by atoms with Gasteiger partial charge in [0.1, 0.15) is 16.5 Å². The zero-order chi connectivity index (χ0) is 17.1. The topological polar surface area (TPSA) is 68.5 Å². The number of carbonyl (C=O) groups is 2. The number of ether oxygens (including phenoxy) is 1. The minimum Gasteiger partial charge on any atom is -0.466 e. The Kier molecular flexibility index (Phi) is 5.04. The number of nitrogens with one attached hydrogen (secondary N) is 1. The number of furan rings is 1. The second-order valence-electron chi connectivity index (χ2n) is 5.97. The number of methoxy groups -OCH3 is 1. The zero-order valence-corrected chi connectivity index (χ0v) is 14.8. The van der Waals surface area contributed by atoms with Gasteiger partial charge in [-0.3, -0.25) is 4.79 Å². The third-order valence-electron chi connectivity index (χ3n) is 4.21. The Labute approximate surface area is 145 Å². The molecular weight excluding hydrogens is 326 g/mol. The highest BCUT2D eigenvalue weighted by Gasteiger charge is 2.26. The summed E-state index contributed by atoms with van der Waals surface area (Å²) in [7, 11) is 1.38. The lowest BCUT2D eigenvalue weighted by Crippen LogP contribution is -2.15. The molecule has 1 aliphatic rings. The first-order chi connectivity index (χ1) is 11.6. The summed E-state index contributed by atoms with van der Waals surface area (Å²) in [6.45, 7) is 1.88. The molecule has 1 N–H and O–H groups in total. The van der Waals surface area contributed by atoms with Gasteiger partial charge >= 0.3 is 5.97 Å². The molecule has 128 valence electrons. The molecule has 1 aliphatic carbocycles. The van der Waals surface area contributed by atoms with Crippen LogP contribution in [-0.4, -0.2) is 19.0 Å². The molecule has 2 aromatic rings. The smallest absolute Gasteiger partial charge is 0.341 e. The van der Waals surface area contributed by atoms with E-state index in [2.05, 4.69) is 5.32 Å². The number of amides is 1. The Morgan fingerprint density at radius 2 is 2.08 bits per heavy atom. The second-order valence-corrected chi connectivity index (χ2v) is 7.07. The van der Waals surface area contributed by atoms with E-state index < -0.39 is 0 Å². The van der Waals surface area contributed by atoms with E-state index in [-0.39, 0.29) is 11.9 Å². The SMILES string of the molecule is COC(=O)c1c(NC(=O)CCc2ccc(C)o2)sc2c1CCCC2. The van der Waals surface area contributed by atoms with Crippen LogP contribution >= 0.6 is 11.3 Å². The molecule has 0 atom stereocenters. The molecule has 2 aromatic heterocycles. The summed E-state index contributed by atoms with van der Waals surface area (Å²) in [5, 5.41) is 3.52. The standard InChI is InChI=1S/C18H21NO4S/c1-11-7-8-12(23-11)9-10-15(20)19-17-16(18(21)22-2)13-5-3-4-6-14(13)24-17/h7-8H,3-6,9-10H2,1-2H3,(H,19,20).